The number of anilines is 2. The third-order valence-electron chi connectivity index (χ3n) is 4.28. The van der Waals surface area contributed by atoms with Gasteiger partial charge in [-0.3, -0.25) is 4.68 Å². The summed E-state index contributed by atoms with van der Waals surface area (Å²) in [5.74, 6) is 1.51. The number of fused-ring (bicyclic) bond motifs is 1. The number of hydrogen-bond donors (Lipinski definition) is 1. The zero-order valence-electron chi connectivity index (χ0n) is 12.2. The lowest BCUT2D eigenvalue weighted by Crippen LogP contribution is -2.19. The van der Waals surface area contributed by atoms with Crippen LogP contribution in [0.3, 0.4) is 0 Å². The van der Waals surface area contributed by atoms with Crippen LogP contribution >= 0.6 is 0 Å². The predicted molar refractivity (Wildman–Crippen MR) is 82.4 cm³/mol. The number of benzene rings is 1. The Morgan fingerprint density at radius 3 is 2.95 bits per heavy atom. The Balaban J connectivity index is 1.92. The van der Waals surface area contributed by atoms with Crippen molar-refractivity contribution in [1.82, 2.24) is 9.78 Å². The third kappa shape index (κ3) is 2.31. The molecular weight excluding hydrogens is 248 g/mol. The van der Waals surface area contributed by atoms with Gasteiger partial charge in [0, 0.05) is 32.0 Å². The second kappa shape index (κ2) is 5.29. The molecule has 0 spiro atoms. The lowest BCUT2D eigenvalue weighted by atomic mass is 9.82. The second-order valence-corrected chi connectivity index (χ2v) is 5.61. The summed E-state index contributed by atoms with van der Waals surface area (Å²) in [6.07, 6.45) is 5.59. The molecule has 2 N–H and O–H groups in total. The SMILES string of the molecule is CN(c1ccc2c(c1)CCC[C@H]2CN)c1ccn(C)n1. The first-order valence-electron chi connectivity index (χ1n) is 7.25. The van der Waals surface area contributed by atoms with Gasteiger partial charge < -0.3 is 10.6 Å². The minimum absolute atomic E-state index is 0.535. The number of aryl methyl sites for hydroxylation is 2. The van der Waals surface area contributed by atoms with Crippen molar-refractivity contribution in [3.8, 4) is 0 Å². The normalized spacial score (nSPS) is 17.9. The minimum Gasteiger partial charge on any atom is -0.330 e. The zero-order valence-corrected chi connectivity index (χ0v) is 12.2. The smallest absolute Gasteiger partial charge is 0.154 e. The van der Waals surface area contributed by atoms with Crippen LogP contribution in [-0.4, -0.2) is 23.4 Å². The number of nitrogens with zero attached hydrogens (tertiary/aromatic N) is 3. The Kier molecular flexibility index (Phi) is 3.49. The summed E-state index contributed by atoms with van der Waals surface area (Å²) >= 11 is 0. The molecule has 0 unspecified atom stereocenters. The number of hydrogen-bond acceptors (Lipinski definition) is 3. The van der Waals surface area contributed by atoms with Crippen LogP contribution in [0.2, 0.25) is 0 Å². The van der Waals surface area contributed by atoms with Crippen molar-refractivity contribution in [3.05, 3.63) is 41.6 Å². The van der Waals surface area contributed by atoms with Crippen molar-refractivity contribution in [2.45, 2.75) is 25.2 Å². The van der Waals surface area contributed by atoms with Gasteiger partial charge in [-0.15, -0.1) is 0 Å². The molecule has 1 aromatic carbocycles. The van der Waals surface area contributed by atoms with Crippen molar-refractivity contribution < 1.29 is 0 Å². The first-order valence-corrected chi connectivity index (χ1v) is 7.25. The van der Waals surface area contributed by atoms with Crippen molar-refractivity contribution in [2.75, 3.05) is 18.5 Å². The first-order chi connectivity index (χ1) is 9.69. The van der Waals surface area contributed by atoms with E-state index in [1.54, 1.807) is 0 Å². The Labute approximate surface area is 120 Å². The zero-order chi connectivity index (χ0) is 14.1. The highest BCUT2D eigenvalue weighted by Crippen LogP contribution is 2.34. The Morgan fingerprint density at radius 1 is 1.40 bits per heavy atom. The molecule has 0 saturated carbocycles. The highest BCUT2D eigenvalue weighted by atomic mass is 15.3. The van der Waals surface area contributed by atoms with E-state index in [9.17, 15) is 0 Å². The number of rotatable bonds is 3. The fourth-order valence-corrected chi connectivity index (χ4v) is 3.07. The molecule has 0 fully saturated rings. The number of aromatic nitrogens is 2. The van der Waals surface area contributed by atoms with E-state index in [0.717, 1.165) is 18.8 Å². The Hall–Kier alpha value is -1.81. The molecule has 4 nitrogen and oxygen atoms in total. The lowest BCUT2D eigenvalue weighted by Gasteiger charge is -2.26. The van der Waals surface area contributed by atoms with Crippen molar-refractivity contribution in [3.63, 3.8) is 0 Å². The van der Waals surface area contributed by atoms with Crippen molar-refractivity contribution in [1.29, 1.82) is 0 Å². The molecule has 0 bridgehead atoms. The largest absolute Gasteiger partial charge is 0.330 e. The van der Waals surface area contributed by atoms with E-state index < -0.39 is 0 Å². The molecule has 0 saturated heterocycles. The number of nitrogens with two attached hydrogens (primary N) is 1. The molecule has 20 heavy (non-hydrogen) atoms. The van der Waals surface area contributed by atoms with Gasteiger partial charge in [-0.1, -0.05) is 6.07 Å². The molecular formula is C16H22N4. The summed E-state index contributed by atoms with van der Waals surface area (Å²) in [5.41, 5.74) is 9.97. The van der Waals surface area contributed by atoms with Crippen LogP contribution in [0, 0.1) is 0 Å². The predicted octanol–water partition coefficient (Wildman–Crippen LogP) is 2.57. The van der Waals surface area contributed by atoms with Gasteiger partial charge in [-0.25, -0.2) is 0 Å². The third-order valence-corrected chi connectivity index (χ3v) is 4.28. The van der Waals surface area contributed by atoms with E-state index in [2.05, 4.69) is 35.2 Å². The molecule has 1 aromatic heterocycles. The van der Waals surface area contributed by atoms with Gasteiger partial charge in [-0.05, 0) is 55.0 Å². The van der Waals surface area contributed by atoms with E-state index in [0.29, 0.717) is 5.92 Å². The molecule has 0 radical (unpaired) electrons. The molecule has 3 rings (SSSR count). The lowest BCUT2D eigenvalue weighted by molar-refractivity contribution is 0.561. The summed E-state index contributed by atoms with van der Waals surface area (Å²) in [7, 11) is 4.00. The quantitative estimate of drug-likeness (QED) is 0.932. The average molecular weight is 270 g/mol. The minimum atomic E-state index is 0.535. The van der Waals surface area contributed by atoms with E-state index in [4.69, 9.17) is 5.73 Å². The Morgan fingerprint density at radius 2 is 2.25 bits per heavy atom. The van der Waals surface area contributed by atoms with Gasteiger partial charge >= 0.3 is 0 Å². The molecule has 0 amide bonds. The van der Waals surface area contributed by atoms with E-state index in [-0.39, 0.29) is 0 Å². The van der Waals surface area contributed by atoms with Crippen molar-refractivity contribution in [2.24, 2.45) is 12.8 Å². The molecule has 1 aliphatic carbocycles. The summed E-state index contributed by atoms with van der Waals surface area (Å²) in [6.45, 7) is 0.752. The summed E-state index contributed by atoms with van der Waals surface area (Å²) < 4.78 is 1.83. The van der Waals surface area contributed by atoms with Gasteiger partial charge in [0.25, 0.3) is 0 Å². The van der Waals surface area contributed by atoms with Gasteiger partial charge in [0.2, 0.25) is 0 Å². The summed E-state index contributed by atoms with van der Waals surface area (Å²) in [6, 6.07) is 8.76. The van der Waals surface area contributed by atoms with Crippen LogP contribution in [0.15, 0.2) is 30.5 Å². The van der Waals surface area contributed by atoms with Crippen LogP contribution in [0.25, 0.3) is 0 Å². The first kappa shape index (κ1) is 13.2. The van der Waals surface area contributed by atoms with Crippen LogP contribution in [0.5, 0.6) is 0 Å². The van der Waals surface area contributed by atoms with Gasteiger partial charge in [0.1, 0.15) is 0 Å². The second-order valence-electron chi connectivity index (χ2n) is 5.61. The molecule has 0 aliphatic heterocycles. The van der Waals surface area contributed by atoms with Gasteiger partial charge in [0.05, 0.1) is 0 Å². The van der Waals surface area contributed by atoms with Crippen molar-refractivity contribution >= 4 is 11.5 Å². The van der Waals surface area contributed by atoms with Gasteiger partial charge in [0.15, 0.2) is 5.82 Å². The van der Waals surface area contributed by atoms with E-state index in [1.807, 2.05) is 24.0 Å². The van der Waals surface area contributed by atoms with E-state index in [1.165, 1.54) is 29.7 Å². The highest BCUT2D eigenvalue weighted by molar-refractivity contribution is 5.61. The van der Waals surface area contributed by atoms with Gasteiger partial charge in [-0.2, -0.15) is 5.10 Å². The fraction of sp³-hybridized carbons (Fsp3) is 0.438. The van der Waals surface area contributed by atoms with Crippen LogP contribution in [-0.2, 0) is 13.5 Å². The van der Waals surface area contributed by atoms with Crippen LogP contribution in [0.4, 0.5) is 11.5 Å². The topological polar surface area (TPSA) is 47.1 Å². The van der Waals surface area contributed by atoms with Crippen LogP contribution in [0.1, 0.15) is 29.9 Å². The molecule has 1 aliphatic rings. The average Bonchev–Trinajstić information content (AvgIpc) is 2.91. The molecule has 106 valence electrons. The molecule has 1 atom stereocenters. The summed E-state index contributed by atoms with van der Waals surface area (Å²) in [4.78, 5) is 2.13. The monoisotopic (exact) mass is 270 g/mol. The maximum absolute atomic E-state index is 5.89. The van der Waals surface area contributed by atoms with Crippen LogP contribution < -0.4 is 10.6 Å². The fourth-order valence-electron chi connectivity index (χ4n) is 3.07. The highest BCUT2D eigenvalue weighted by Gasteiger charge is 2.20. The molecule has 2 aromatic rings. The Bertz CT molecular complexity index is 602. The molecule has 1 heterocycles. The molecule has 4 heteroatoms. The standard InChI is InChI=1S/C16H22N4/c1-19-9-8-16(18-19)20(2)14-6-7-15-12(10-14)4-3-5-13(15)11-17/h6-10,13H,3-5,11,17H2,1-2H3/t13-/m0/s1. The summed E-state index contributed by atoms with van der Waals surface area (Å²) in [5, 5.41) is 4.45. The maximum atomic E-state index is 5.89. The maximum Gasteiger partial charge on any atom is 0.154 e. The van der Waals surface area contributed by atoms with E-state index >= 15 is 0 Å².